The Hall–Kier alpha value is -3.19. The van der Waals surface area contributed by atoms with Crippen LogP contribution < -0.4 is 4.74 Å². The first-order chi connectivity index (χ1) is 15.5. The number of likely N-dealkylation sites (tertiary alicyclic amines) is 1. The fourth-order valence-corrected chi connectivity index (χ4v) is 3.83. The van der Waals surface area contributed by atoms with Gasteiger partial charge in [0.25, 0.3) is 11.7 Å². The van der Waals surface area contributed by atoms with Gasteiger partial charge in [0.2, 0.25) is 0 Å². The van der Waals surface area contributed by atoms with Crippen LogP contribution in [0.2, 0.25) is 0 Å². The maximum atomic E-state index is 13.0. The molecule has 1 amide bonds. The first kappa shape index (κ1) is 23.5. The highest BCUT2D eigenvalue weighted by Crippen LogP contribution is 2.38. The summed E-state index contributed by atoms with van der Waals surface area (Å²) in [4.78, 5) is 34.1. The third-order valence-electron chi connectivity index (χ3n) is 5.66. The molecule has 0 saturated carbocycles. The minimum Gasteiger partial charge on any atom is -0.507 e. The number of nitrogens with zero attached hydrogens (tertiary/aromatic N) is 3. The summed E-state index contributed by atoms with van der Waals surface area (Å²) in [5.74, 6) is -0.822. The number of hydrogen-bond acceptors (Lipinski definition) is 6. The molecule has 0 aliphatic carbocycles. The number of rotatable bonds is 10. The van der Waals surface area contributed by atoms with Gasteiger partial charge in [0.1, 0.15) is 17.6 Å². The van der Waals surface area contributed by atoms with Crippen molar-refractivity contribution in [1.29, 1.82) is 0 Å². The van der Waals surface area contributed by atoms with E-state index < -0.39 is 17.7 Å². The Bertz CT molecular complexity index is 953. The van der Waals surface area contributed by atoms with Crippen molar-refractivity contribution < 1.29 is 19.4 Å². The zero-order valence-electron chi connectivity index (χ0n) is 19.0. The van der Waals surface area contributed by atoms with Crippen LogP contribution in [0.5, 0.6) is 5.75 Å². The van der Waals surface area contributed by atoms with Gasteiger partial charge in [0, 0.05) is 24.8 Å². The number of hydrogen-bond donors (Lipinski definition) is 1. The van der Waals surface area contributed by atoms with E-state index in [9.17, 15) is 14.7 Å². The minimum atomic E-state index is -0.734. The van der Waals surface area contributed by atoms with Crippen LogP contribution >= 0.6 is 0 Å². The number of benzene rings is 1. The average Bonchev–Trinajstić information content (AvgIpc) is 3.08. The molecule has 0 spiro atoms. The monoisotopic (exact) mass is 437 g/mol. The number of pyridine rings is 1. The van der Waals surface area contributed by atoms with E-state index in [1.165, 1.54) is 4.90 Å². The molecule has 0 bridgehead atoms. The molecule has 1 aromatic carbocycles. The predicted molar refractivity (Wildman–Crippen MR) is 123 cm³/mol. The standard InChI is InChI=1S/C25H31N3O4/c1-4-17-32-19-12-10-18(11-13-19)23(29)21-22(20-9-7-8-14-26-20)28(25(31)24(21)30)16-15-27(5-2)6-3/h7-14,22,29H,4-6,15-17H2,1-3H3/b23-21+/t22-/m1/s1. The first-order valence-corrected chi connectivity index (χ1v) is 11.2. The summed E-state index contributed by atoms with van der Waals surface area (Å²) in [5.41, 5.74) is 1.07. The molecule has 2 aromatic rings. The number of aliphatic hydroxyl groups excluding tert-OH is 1. The number of ketones is 1. The Morgan fingerprint density at radius 3 is 2.41 bits per heavy atom. The van der Waals surface area contributed by atoms with Crippen LogP contribution in [0.4, 0.5) is 0 Å². The van der Waals surface area contributed by atoms with Gasteiger partial charge in [-0.3, -0.25) is 14.6 Å². The fourth-order valence-electron chi connectivity index (χ4n) is 3.83. The number of aliphatic hydroxyl groups is 1. The largest absolute Gasteiger partial charge is 0.507 e. The second-order valence-corrected chi connectivity index (χ2v) is 7.65. The molecule has 7 heteroatoms. The van der Waals surface area contributed by atoms with Gasteiger partial charge in [-0.05, 0) is 55.9 Å². The van der Waals surface area contributed by atoms with Crippen LogP contribution in [-0.2, 0) is 9.59 Å². The fraction of sp³-hybridized carbons (Fsp3) is 0.400. The van der Waals surface area contributed by atoms with E-state index in [1.807, 2.05) is 13.0 Å². The molecule has 1 N–H and O–H groups in total. The van der Waals surface area contributed by atoms with Crippen LogP contribution in [0, 0.1) is 0 Å². The lowest BCUT2D eigenvalue weighted by molar-refractivity contribution is -0.140. The van der Waals surface area contributed by atoms with Crippen molar-refractivity contribution in [3.63, 3.8) is 0 Å². The van der Waals surface area contributed by atoms with Gasteiger partial charge < -0.3 is 19.6 Å². The summed E-state index contributed by atoms with van der Waals surface area (Å²) < 4.78 is 5.59. The van der Waals surface area contributed by atoms with Gasteiger partial charge >= 0.3 is 0 Å². The van der Waals surface area contributed by atoms with Crippen molar-refractivity contribution in [2.45, 2.75) is 33.2 Å². The molecule has 0 unspecified atom stereocenters. The Morgan fingerprint density at radius 2 is 1.81 bits per heavy atom. The summed E-state index contributed by atoms with van der Waals surface area (Å²) in [6.45, 7) is 9.44. The van der Waals surface area contributed by atoms with Crippen molar-refractivity contribution in [2.24, 2.45) is 0 Å². The number of aromatic nitrogens is 1. The Morgan fingerprint density at radius 1 is 1.09 bits per heavy atom. The molecule has 2 heterocycles. The van der Waals surface area contributed by atoms with Gasteiger partial charge in [-0.2, -0.15) is 0 Å². The summed E-state index contributed by atoms with van der Waals surface area (Å²) in [5, 5.41) is 11.1. The zero-order valence-corrected chi connectivity index (χ0v) is 19.0. The van der Waals surface area contributed by atoms with E-state index in [0.717, 1.165) is 19.5 Å². The second kappa shape index (κ2) is 10.9. The molecule has 1 aliphatic rings. The number of amides is 1. The maximum Gasteiger partial charge on any atom is 0.295 e. The molecule has 7 nitrogen and oxygen atoms in total. The predicted octanol–water partition coefficient (Wildman–Crippen LogP) is 3.63. The number of carbonyl (C=O) groups excluding carboxylic acids is 2. The Balaban J connectivity index is 2.00. The lowest BCUT2D eigenvalue weighted by Gasteiger charge is -2.27. The molecule has 0 radical (unpaired) electrons. The molecule has 1 aliphatic heterocycles. The SMILES string of the molecule is CCCOc1ccc(/C(O)=C2\C(=O)C(=O)N(CCN(CC)CC)[C@@H]2c2ccccn2)cc1. The number of likely N-dealkylation sites (N-methyl/N-ethyl adjacent to an activating group) is 1. The Labute approximate surface area is 189 Å². The quantitative estimate of drug-likeness (QED) is 0.347. The molecule has 32 heavy (non-hydrogen) atoms. The summed E-state index contributed by atoms with van der Waals surface area (Å²) in [6, 6.07) is 11.5. The average molecular weight is 438 g/mol. The third-order valence-corrected chi connectivity index (χ3v) is 5.66. The molecule has 170 valence electrons. The van der Waals surface area contributed by atoms with Crippen LogP contribution in [-0.4, -0.2) is 64.4 Å². The van der Waals surface area contributed by atoms with E-state index in [-0.39, 0.29) is 11.3 Å². The van der Waals surface area contributed by atoms with Crippen LogP contribution in [0.3, 0.4) is 0 Å². The number of Topliss-reactive ketones (excluding diaryl/α,β-unsaturated/α-hetero) is 1. The maximum absolute atomic E-state index is 13.0. The van der Waals surface area contributed by atoms with Crippen molar-refractivity contribution >= 4 is 17.4 Å². The third kappa shape index (κ3) is 4.99. The van der Waals surface area contributed by atoms with Gasteiger partial charge in [0.15, 0.2) is 0 Å². The minimum absolute atomic E-state index is 0.0653. The van der Waals surface area contributed by atoms with E-state index in [4.69, 9.17) is 4.74 Å². The van der Waals surface area contributed by atoms with Crippen molar-refractivity contribution in [1.82, 2.24) is 14.8 Å². The van der Waals surface area contributed by atoms with Crippen molar-refractivity contribution in [2.75, 3.05) is 32.8 Å². The zero-order chi connectivity index (χ0) is 23.1. The lowest BCUT2D eigenvalue weighted by atomic mass is 9.98. The van der Waals surface area contributed by atoms with E-state index in [1.54, 1.807) is 42.6 Å². The van der Waals surface area contributed by atoms with Gasteiger partial charge in [-0.1, -0.05) is 26.8 Å². The molecule has 1 atom stereocenters. The van der Waals surface area contributed by atoms with Gasteiger partial charge in [-0.25, -0.2) is 0 Å². The molecule has 3 rings (SSSR count). The topological polar surface area (TPSA) is 83.0 Å². The van der Waals surface area contributed by atoms with Crippen molar-refractivity contribution in [3.8, 4) is 5.75 Å². The first-order valence-electron chi connectivity index (χ1n) is 11.2. The highest BCUT2D eigenvalue weighted by Gasteiger charge is 2.46. The van der Waals surface area contributed by atoms with Crippen LogP contribution in [0.1, 0.15) is 44.5 Å². The molecule has 1 aromatic heterocycles. The second-order valence-electron chi connectivity index (χ2n) is 7.65. The Kier molecular flexibility index (Phi) is 8.00. The van der Waals surface area contributed by atoms with Crippen LogP contribution in [0.15, 0.2) is 54.2 Å². The van der Waals surface area contributed by atoms with E-state index in [0.29, 0.717) is 36.7 Å². The normalized spacial score (nSPS) is 17.9. The highest BCUT2D eigenvalue weighted by atomic mass is 16.5. The smallest absolute Gasteiger partial charge is 0.295 e. The summed E-state index contributed by atoms with van der Waals surface area (Å²) in [6.07, 6.45) is 2.52. The summed E-state index contributed by atoms with van der Waals surface area (Å²) in [7, 11) is 0. The number of carbonyl (C=O) groups is 2. The number of ether oxygens (including phenoxy) is 1. The van der Waals surface area contributed by atoms with Crippen LogP contribution in [0.25, 0.3) is 5.76 Å². The molecule has 1 saturated heterocycles. The lowest BCUT2D eigenvalue weighted by Crippen LogP contribution is -2.38. The molecular formula is C25H31N3O4. The van der Waals surface area contributed by atoms with E-state index in [2.05, 4.69) is 23.7 Å². The van der Waals surface area contributed by atoms with Crippen molar-refractivity contribution in [3.05, 3.63) is 65.5 Å². The van der Waals surface area contributed by atoms with Gasteiger partial charge in [0.05, 0.1) is 17.9 Å². The van der Waals surface area contributed by atoms with E-state index >= 15 is 0 Å². The molecular weight excluding hydrogens is 406 g/mol. The summed E-state index contributed by atoms with van der Waals surface area (Å²) >= 11 is 0. The van der Waals surface area contributed by atoms with Gasteiger partial charge in [-0.15, -0.1) is 0 Å². The molecule has 1 fully saturated rings. The highest BCUT2D eigenvalue weighted by molar-refractivity contribution is 6.46.